The van der Waals surface area contributed by atoms with Gasteiger partial charge in [-0.3, -0.25) is 9.36 Å². The molecule has 6 heteroatoms. The van der Waals surface area contributed by atoms with Crippen molar-refractivity contribution in [2.24, 2.45) is 0 Å². The fourth-order valence-corrected chi connectivity index (χ4v) is 2.05. The zero-order valence-corrected chi connectivity index (χ0v) is 9.38. The lowest BCUT2D eigenvalue weighted by atomic mass is 10.3. The highest BCUT2D eigenvalue weighted by atomic mass is 79.9. The van der Waals surface area contributed by atoms with Gasteiger partial charge in [0, 0.05) is 5.92 Å². The maximum Gasteiger partial charge on any atom is 0.268 e. The molecule has 0 aromatic carbocycles. The summed E-state index contributed by atoms with van der Waals surface area (Å²) in [6.45, 7) is -0.602. The molecule has 2 rings (SSSR count). The van der Waals surface area contributed by atoms with Crippen LogP contribution >= 0.6 is 15.9 Å². The van der Waals surface area contributed by atoms with Crippen molar-refractivity contribution in [2.75, 3.05) is 0 Å². The minimum absolute atomic E-state index is 0.327. The van der Waals surface area contributed by atoms with Crippen LogP contribution in [0.4, 0.5) is 8.78 Å². The molecule has 15 heavy (non-hydrogen) atoms. The third-order valence-corrected chi connectivity index (χ3v) is 3.05. The van der Waals surface area contributed by atoms with E-state index >= 15 is 0 Å². The van der Waals surface area contributed by atoms with Crippen molar-refractivity contribution in [3.05, 3.63) is 26.8 Å². The number of nitrogens with zero attached hydrogens (tertiary/aromatic N) is 2. The second kappa shape index (κ2) is 4.00. The molecule has 0 unspecified atom stereocenters. The van der Waals surface area contributed by atoms with E-state index in [1.807, 2.05) is 0 Å². The van der Waals surface area contributed by atoms with Crippen molar-refractivity contribution in [3.63, 3.8) is 0 Å². The molecule has 82 valence electrons. The zero-order chi connectivity index (χ0) is 11.0. The summed E-state index contributed by atoms with van der Waals surface area (Å²) in [6.07, 6.45) is 0.698. The lowest BCUT2D eigenvalue weighted by Gasteiger charge is -2.07. The lowest BCUT2D eigenvalue weighted by Crippen LogP contribution is -2.25. The molecular formula is C9H9BrF2N2O. The van der Waals surface area contributed by atoms with Gasteiger partial charge in [-0.2, -0.15) is 0 Å². The van der Waals surface area contributed by atoms with Gasteiger partial charge in [0.1, 0.15) is 4.47 Å². The van der Waals surface area contributed by atoms with Gasteiger partial charge in [-0.15, -0.1) is 0 Å². The molecule has 1 aliphatic rings. The number of hydrogen-bond donors (Lipinski definition) is 0. The van der Waals surface area contributed by atoms with Gasteiger partial charge >= 0.3 is 0 Å². The predicted octanol–water partition coefficient (Wildman–Crippen LogP) is 2.15. The topological polar surface area (TPSA) is 34.9 Å². The van der Waals surface area contributed by atoms with Crippen molar-refractivity contribution in [2.45, 2.75) is 31.7 Å². The summed E-state index contributed by atoms with van der Waals surface area (Å²) in [4.78, 5) is 15.6. The van der Waals surface area contributed by atoms with Crippen molar-refractivity contribution in [1.29, 1.82) is 0 Å². The Hall–Kier alpha value is -0.780. The smallest absolute Gasteiger partial charge is 0.268 e. The molecule has 1 heterocycles. The van der Waals surface area contributed by atoms with Gasteiger partial charge in [-0.1, -0.05) is 0 Å². The lowest BCUT2D eigenvalue weighted by molar-refractivity contribution is 0.124. The molecule has 3 nitrogen and oxygen atoms in total. The van der Waals surface area contributed by atoms with E-state index < -0.39 is 18.5 Å². The standard InChI is InChI=1S/C9H9BrF2N2O/c10-7-8(5-1-2-5)13-4-14(9(7)15)3-6(11)12/h4-6H,1-3H2. The highest BCUT2D eigenvalue weighted by Gasteiger charge is 2.28. The summed E-state index contributed by atoms with van der Waals surface area (Å²) < 4.78 is 25.5. The SMILES string of the molecule is O=c1c(Br)c(C2CC2)ncn1CC(F)F. The van der Waals surface area contributed by atoms with Crippen LogP contribution in [0.25, 0.3) is 0 Å². The highest BCUT2D eigenvalue weighted by Crippen LogP contribution is 2.40. The second-order valence-electron chi connectivity index (χ2n) is 3.57. The average molecular weight is 279 g/mol. The zero-order valence-electron chi connectivity index (χ0n) is 7.79. The van der Waals surface area contributed by atoms with Crippen LogP contribution in [-0.4, -0.2) is 16.0 Å². The first kappa shape index (κ1) is 10.7. The minimum atomic E-state index is -2.54. The van der Waals surface area contributed by atoms with Gasteiger partial charge in [0.25, 0.3) is 12.0 Å². The van der Waals surface area contributed by atoms with Crippen molar-refractivity contribution in [3.8, 4) is 0 Å². The van der Waals surface area contributed by atoms with E-state index in [4.69, 9.17) is 0 Å². The van der Waals surface area contributed by atoms with E-state index in [9.17, 15) is 13.6 Å². The van der Waals surface area contributed by atoms with Gasteiger partial charge in [0.2, 0.25) is 0 Å². The fraction of sp³-hybridized carbons (Fsp3) is 0.556. The van der Waals surface area contributed by atoms with Crippen molar-refractivity contribution in [1.82, 2.24) is 9.55 Å². The minimum Gasteiger partial charge on any atom is -0.293 e. The Kier molecular flexibility index (Phi) is 2.86. The molecular weight excluding hydrogens is 270 g/mol. The molecule has 1 aromatic rings. The molecule has 1 aliphatic carbocycles. The molecule has 0 amide bonds. The Labute approximate surface area is 93.3 Å². The quantitative estimate of drug-likeness (QED) is 0.849. The van der Waals surface area contributed by atoms with Crippen LogP contribution in [-0.2, 0) is 6.54 Å². The number of alkyl halides is 2. The van der Waals surface area contributed by atoms with Crippen LogP contribution in [0.3, 0.4) is 0 Å². The van der Waals surface area contributed by atoms with Gasteiger partial charge in [-0.05, 0) is 28.8 Å². The third kappa shape index (κ3) is 2.25. The number of rotatable bonds is 3. The summed E-state index contributed by atoms with van der Waals surface area (Å²) in [5, 5.41) is 0. The molecule has 0 spiro atoms. The Morgan fingerprint density at radius 2 is 2.27 bits per heavy atom. The molecule has 0 N–H and O–H groups in total. The van der Waals surface area contributed by atoms with Crippen LogP contribution in [0.5, 0.6) is 0 Å². The maximum absolute atomic E-state index is 12.1. The predicted molar refractivity (Wildman–Crippen MR) is 54.2 cm³/mol. The Morgan fingerprint density at radius 1 is 1.60 bits per heavy atom. The summed E-state index contributed by atoms with van der Waals surface area (Å²) >= 11 is 3.12. The van der Waals surface area contributed by atoms with E-state index in [1.165, 1.54) is 6.33 Å². The van der Waals surface area contributed by atoms with Crippen molar-refractivity contribution < 1.29 is 8.78 Å². The fourth-order valence-electron chi connectivity index (χ4n) is 1.40. The monoisotopic (exact) mass is 278 g/mol. The van der Waals surface area contributed by atoms with Gasteiger partial charge < -0.3 is 0 Å². The summed E-state index contributed by atoms with van der Waals surface area (Å²) in [5.74, 6) is 0.327. The Balaban J connectivity index is 2.35. The molecule has 0 bridgehead atoms. The van der Waals surface area contributed by atoms with Crippen molar-refractivity contribution >= 4 is 15.9 Å². The van der Waals surface area contributed by atoms with E-state index in [0.29, 0.717) is 16.1 Å². The first-order valence-electron chi connectivity index (χ1n) is 4.62. The third-order valence-electron chi connectivity index (χ3n) is 2.31. The molecule has 1 fully saturated rings. The van der Waals surface area contributed by atoms with Crippen LogP contribution in [0, 0.1) is 0 Å². The van der Waals surface area contributed by atoms with E-state index in [-0.39, 0.29) is 0 Å². The van der Waals surface area contributed by atoms with Gasteiger partial charge in [0.05, 0.1) is 18.6 Å². The Morgan fingerprint density at radius 3 is 2.80 bits per heavy atom. The highest BCUT2D eigenvalue weighted by molar-refractivity contribution is 9.10. The molecule has 0 atom stereocenters. The Bertz CT molecular complexity index is 429. The van der Waals surface area contributed by atoms with Crippen LogP contribution in [0.15, 0.2) is 15.6 Å². The summed E-state index contributed by atoms with van der Waals surface area (Å²) in [5.41, 5.74) is 0.276. The molecule has 0 saturated heterocycles. The van der Waals surface area contributed by atoms with E-state index in [1.54, 1.807) is 0 Å². The van der Waals surface area contributed by atoms with E-state index in [2.05, 4.69) is 20.9 Å². The van der Waals surface area contributed by atoms with Gasteiger partial charge in [0.15, 0.2) is 0 Å². The maximum atomic E-state index is 12.1. The van der Waals surface area contributed by atoms with Gasteiger partial charge in [-0.25, -0.2) is 13.8 Å². The molecule has 1 saturated carbocycles. The molecule has 1 aromatic heterocycles. The number of halogens is 3. The summed E-state index contributed by atoms with van der Waals surface area (Å²) in [7, 11) is 0. The van der Waals surface area contributed by atoms with Crippen LogP contribution < -0.4 is 5.56 Å². The van der Waals surface area contributed by atoms with Crippen LogP contribution in [0.1, 0.15) is 24.5 Å². The summed E-state index contributed by atoms with van der Waals surface area (Å²) in [6, 6.07) is 0. The second-order valence-corrected chi connectivity index (χ2v) is 4.36. The number of aromatic nitrogens is 2. The largest absolute Gasteiger partial charge is 0.293 e. The molecule has 0 aliphatic heterocycles. The first-order valence-corrected chi connectivity index (χ1v) is 5.42. The first-order chi connectivity index (χ1) is 7.09. The normalized spacial score (nSPS) is 16.0. The number of hydrogen-bond acceptors (Lipinski definition) is 2. The molecule has 0 radical (unpaired) electrons. The van der Waals surface area contributed by atoms with Crippen LogP contribution in [0.2, 0.25) is 0 Å². The average Bonchev–Trinajstić information content (AvgIpc) is 2.96. The van der Waals surface area contributed by atoms with E-state index in [0.717, 1.165) is 17.4 Å².